The van der Waals surface area contributed by atoms with Gasteiger partial charge in [-0.3, -0.25) is 9.89 Å². The lowest BCUT2D eigenvalue weighted by Crippen LogP contribution is -2.33. The third kappa shape index (κ3) is 3.62. The molecule has 1 N–H and O–H groups in total. The molecular formula is C18H24N4O. The summed E-state index contributed by atoms with van der Waals surface area (Å²) in [6.45, 7) is 1.69. The molecule has 0 bridgehead atoms. The summed E-state index contributed by atoms with van der Waals surface area (Å²) in [5.41, 5.74) is 2.77. The molecule has 1 aliphatic heterocycles. The van der Waals surface area contributed by atoms with Crippen LogP contribution in [0.15, 0.2) is 36.5 Å². The van der Waals surface area contributed by atoms with Crippen LogP contribution in [-0.2, 0) is 0 Å². The second kappa shape index (κ2) is 6.96. The highest BCUT2D eigenvalue weighted by Crippen LogP contribution is 2.20. The summed E-state index contributed by atoms with van der Waals surface area (Å²) in [6, 6.07) is 10.3. The summed E-state index contributed by atoms with van der Waals surface area (Å²) < 4.78 is 0. The highest BCUT2D eigenvalue weighted by molar-refractivity contribution is 5.94. The van der Waals surface area contributed by atoms with Gasteiger partial charge in [-0.05, 0) is 57.1 Å². The minimum atomic E-state index is 0.139. The minimum absolute atomic E-state index is 0.139. The van der Waals surface area contributed by atoms with Crippen LogP contribution in [0.25, 0.3) is 11.3 Å². The first kappa shape index (κ1) is 15.7. The second-order valence-electron chi connectivity index (χ2n) is 6.39. The molecule has 0 spiro atoms. The zero-order valence-electron chi connectivity index (χ0n) is 13.8. The van der Waals surface area contributed by atoms with Crippen molar-refractivity contribution >= 4 is 5.91 Å². The first-order chi connectivity index (χ1) is 11.1. The fraction of sp³-hybridized carbons (Fsp3) is 0.444. The van der Waals surface area contributed by atoms with Crippen LogP contribution in [-0.4, -0.2) is 59.1 Å². The number of likely N-dealkylation sites (tertiary alicyclic amines) is 1. The van der Waals surface area contributed by atoms with E-state index in [0.717, 1.165) is 49.2 Å². The van der Waals surface area contributed by atoms with Crippen molar-refractivity contribution in [2.45, 2.75) is 25.3 Å². The average molecular weight is 312 g/mol. The number of benzene rings is 1. The van der Waals surface area contributed by atoms with Gasteiger partial charge in [-0.25, -0.2) is 0 Å². The first-order valence-electron chi connectivity index (χ1n) is 8.20. The molecule has 5 heteroatoms. The highest BCUT2D eigenvalue weighted by atomic mass is 16.2. The largest absolute Gasteiger partial charge is 0.339 e. The van der Waals surface area contributed by atoms with E-state index in [2.05, 4.69) is 29.2 Å². The number of hydrogen-bond donors (Lipinski definition) is 1. The quantitative estimate of drug-likeness (QED) is 0.948. The number of aromatic nitrogens is 2. The average Bonchev–Trinajstić information content (AvgIpc) is 2.98. The summed E-state index contributed by atoms with van der Waals surface area (Å²) in [5, 5.41) is 6.90. The standard InChI is InChI=1S/C18H24N4O/c1-21(2)16-4-3-12-22(13-10-16)18(23)15-7-5-14(6-8-15)17-9-11-19-20-17/h5-9,11,16H,3-4,10,12-13H2,1-2H3,(H,19,20)/t16-/m0/s1. The van der Waals surface area contributed by atoms with E-state index in [0.29, 0.717) is 6.04 Å². The molecule has 122 valence electrons. The van der Waals surface area contributed by atoms with Crippen LogP contribution in [0.2, 0.25) is 0 Å². The van der Waals surface area contributed by atoms with E-state index in [1.165, 1.54) is 0 Å². The maximum Gasteiger partial charge on any atom is 0.253 e. The van der Waals surface area contributed by atoms with Crippen molar-refractivity contribution in [1.82, 2.24) is 20.0 Å². The molecule has 1 fully saturated rings. The molecule has 0 aliphatic carbocycles. The zero-order chi connectivity index (χ0) is 16.2. The maximum absolute atomic E-state index is 12.7. The summed E-state index contributed by atoms with van der Waals surface area (Å²) >= 11 is 0. The Morgan fingerprint density at radius 3 is 2.61 bits per heavy atom. The van der Waals surface area contributed by atoms with E-state index in [-0.39, 0.29) is 5.91 Å². The van der Waals surface area contributed by atoms with Crippen molar-refractivity contribution in [2.75, 3.05) is 27.2 Å². The number of carbonyl (C=O) groups is 1. The highest BCUT2D eigenvalue weighted by Gasteiger charge is 2.22. The van der Waals surface area contributed by atoms with E-state index in [9.17, 15) is 4.79 Å². The molecule has 1 saturated heterocycles. The minimum Gasteiger partial charge on any atom is -0.339 e. The smallest absolute Gasteiger partial charge is 0.253 e. The Kier molecular flexibility index (Phi) is 4.76. The van der Waals surface area contributed by atoms with Crippen molar-refractivity contribution in [2.24, 2.45) is 0 Å². The normalized spacial score (nSPS) is 18.9. The summed E-state index contributed by atoms with van der Waals surface area (Å²) in [4.78, 5) is 17.0. The molecular weight excluding hydrogens is 288 g/mol. The molecule has 1 aromatic carbocycles. The summed E-state index contributed by atoms with van der Waals surface area (Å²) in [6.07, 6.45) is 5.01. The van der Waals surface area contributed by atoms with Crippen molar-refractivity contribution in [3.63, 3.8) is 0 Å². The van der Waals surface area contributed by atoms with Gasteiger partial charge in [-0.2, -0.15) is 5.10 Å². The van der Waals surface area contributed by atoms with Crippen LogP contribution in [0.1, 0.15) is 29.6 Å². The Morgan fingerprint density at radius 1 is 1.17 bits per heavy atom. The monoisotopic (exact) mass is 312 g/mol. The summed E-state index contributed by atoms with van der Waals surface area (Å²) in [5.74, 6) is 0.139. The first-order valence-corrected chi connectivity index (χ1v) is 8.20. The number of H-pyrrole nitrogens is 1. The van der Waals surface area contributed by atoms with Crippen LogP contribution >= 0.6 is 0 Å². The van der Waals surface area contributed by atoms with Gasteiger partial charge in [-0.15, -0.1) is 0 Å². The fourth-order valence-electron chi connectivity index (χ4n) is 3.19. The maximum atomic E-state index is 12.7. The van der Waals surface area contributed by atoms with Crippen LogP contribution < -0.4 is 0 Å². The van der Waals surface area contributed by atoms with E-state index < -0.39 is 0 Å². The van der Waals surface area contributed by atoms with E-state index >= 15 is 0 Å². The Bertz CT molecular complexity index is 634. The molecule has 0 saturated carbocycles. The Balaban J connectivity index is 1.68. The molecule has 2 heterocycles. The molecule has 1 aromatic heterocycles. The van der Waals surface area contributed by atoms with Crippen molar-refractivity contribution in [3.05, 3.63) is 42.1 Å². The number of rotatable bonds is 3. The molecule has 5 nitrogen and oxygen atoms in total. The zero-order valence-corrected chi connectivity index (χ0v) is 13.8. The van der Waals surface area contributed by atoms with Crippen molar-refractivity contribution < 1.29 is 4.79 Å². The topological polar surface area (TPSA) is 52.2 Å². The molecule has 1 amide bonds. The van der Waals surface area contributed by atoms with Gasteiger partial charge in [0.2, 0.25) is 0 Å². The van der Waals surface area contributed by atoms with Crippen LogP contribution in [0.5, 0.6) is 0 Å². The van der Waals surface area contributed by atoms with Gasteiger partial charge >= 0.3 is 0 Å². The van der Waals surface area contributed by atoms with Crippen molar-refractivity contribution in [1.29, 1.82) is 0 Å². The molecule has 1 aliphatic rings. The van der Waals surface area contributed by atoms with Gasteiger partial charge in [0.05, 0.1) is 5.69 Å². The van der Waals surface area contributed by atoms with E-state index in [4.69, 9.17) is 0 Å². The molecule has 2 aromatic rings. The third-order valence-electron chi connectivity index (χ3n) is 4.66. The third-order valence-corrected chi connectivity index (χ3v) is 4.66. The second-order valence-corrected chi connectivity index (χ2v) is 6.39. The van der Waals surface area contributed by atoms with Crippen LogP contribution in [0.3, 0.4) is 0 Å². The van der Waals surface area contributed by atoms with E-state index in [1.54, 1.807) is 6.20 Å². The molecule has 0 unspecified atom stereocenters. The lowest BCUT2D eigenvalue weighted by atomic mass is 10.1. The Labute approximate surface area is 137 Å². The molecule has 23 heavy (non-hydrogen) atoms. The molecule has 1 atom stereocenters. The van der Waals surface area contributed by atoms with Gasteiger partial charge in [-0.1, -0.05) is 12.1 Å². The van der Waals surface area contributed by atoms with Gasteiger partial charge in [0.15, 0.2) is 0 Å². The summed E-state index contributed by atoms with van der Waals surface area (Å²) in [7, 11) is 4.24. The van der Waals surface area contributed by atoms with E-state index in [1.807, 2.05) is 35.2 Å². The SMILES string of the molecule is CN(C)[C@H]1CCCN(C(=O)c2ccc(-c3ccn[nH]3)cc2)CC1. The number of nitrogens with zero attached hydrogens (tertiary/aromatic N) is 3. The number of carbonyl (C=O) groups excluding carboxylic acids is 1. The lowest BCUT2D eigenvalue weighted by molar-refractivity contribution is 0.0758. The predicted molar refractivity (Wildman–Crippen MR) is 91.3 cm³/mol. The van der Waals surface area contributed by atoms with Crippen LogP contribution in [0, 0.1) is 0 Å². The van der Waals surface area contributed by atoms with Gasteiger partial charge < -0.3 is 9.80 Å². The molecule has 3 rings (SSSR count). The lowest BCUT2D eigenvalue weighted by Gasteiger charge is -2.23. The van der Waals surface area contributed by atoms with Gasteiger partial charge in [0, 0.05) is 30.9 Å². The van der Waals surface area contributed by atoms with Gasteiger partial charge in [0.25, 0.3) is 5.91 Å². The number of aromatic amines is 1. The number of nitrogens with one attached hydrogen (secondary N) is 1. The predicted octanol–water partition coefficient (Wildman–Crippen LogP) is 2.63. The van der Waals surface area contributed by atoms with Crippen molar-refractivity contribution in [3.8, 4) is 11.3 Å². The fourth-order valence-corrected chi connectivity index (χ4v) is 3.19. The number of hydrogen-bond acceptors (Lipinski definition) is 3. The van der Waals surface area contributed by atoms with Gasteiger partial charge in [0.1, 0.15) is 0 Å². The Hall–Kier alpha value is -2.14. The molecule has 0 radical (unpaired) electrons. The Morgan fingerprint density at radius 2 is 1.96 bits per heavy atom. The van der Waals surface area contributed by atoms with Crippen LogP contribution in [0.4, 0.5) is 0 Å². The number of amides is 1.